The van der Waals surface area contributed by atoms with Crippen LogP contribution in [0.25, 0.3) is 11.1 Å². The van der Waals surface area contributed by atoms with Gasteiger partial charge in [-0.05, 0) is 24.6 Å². The summed E-state index contributed by atoms with van der Waals surface area (Å²) in [4.78, 5) is 24.3. The predicted molar refractivity (Wildman–Crippen MR) is 81.9 cm³/mol. The number of rotatable bonds is 4. The third kappa shape index (κ3) is 2.58. The van der Waals surface area contributed by atoms with Crippen LogP contribution in [0.3, 0.4) is 0 Å². The highest BCUT2D eigenvalue weighted by Crippen LogP contribution is 2.16. The monoisotopic (exact) mass is 297 g/mol. The number of aromatic nitrogens is 1. The number of aliphatic hydroxyl groups is 1. The number of hydrogen-bond acceptors (Lipinski definition) is 4. The molecule has 0 bridgehead atoms. The van der Waals surface area contributed by atoms with E-state index in [2.05, 4.69) is 0 Å². The standard InChI is InChI=1S/C17H15NO4/c1-11-2-5-13(6-3-11)15(20)9-18-14-8-12(10-19)4-7-16(14)22-17(18)21/h2-8,19H,9-10H2,1H3. The summed E-state index contributed by atoms with van der Waals surface area (Å²) in [6, 6.07) is 12.1. The van der Waals surface area contributed by atoms with Gasteiger partial charge in [-0.25, -0.2) is 4.79 Å². The fourth-order valence-electron chi connectivity index (χ4n) is 2.33. The molecule has 1 heterocycles. The Hall–Kier alpha value is -2.66. The molecule has 0 saturated carbocycles. The van der Waals surface area contributed by atoms with Crippen LogP contribution in [0, 0.1) is 6.92 Å². The number of aliphatic hydroxyl groups excluding tert-OH is 1. The number of aryl methyl sites for hydroxylation is 1. The van der Waals surface area contributed by atoms with Gasteiger partial charge in [0, 0.05) is 5.56 Å². The van der Waals surface area contributed by atoms with E-state index >= 15 is 0 Å². The number of nitrogens with zero attached hydrogens (tertiary/aromatic N) is 1. The van der Waals surface area contributed by atoms with E-state index in [1.807, 2.05) is 19.1 Å². The van der Waals surface area contributed by atoms with Crippen LogP contribution in [0.15, 0.2) is 51.7 Å². The number of oxazole rings is 1. The average molecular weight is 297 g/mol. The van der Waals surface area contributed by atoms with Gasteiger partial charge in [0.1, 0.15) is 0 Å². The van der Waals surface area contributed by atoms with E-state index in [1.165, 1.54) is 4.57 Å². The largest absolute Gasteiger partial charge is 0.420 e. The summed E-state index contributed by atoms with van der Waals surface area (Å²) < 4.78 is 6.42. The fraction of sp³-hybridized carbons (Fsp3) is 0.176. The molecule has 0 fully saturated rings. The predicted octanol–water partition coefficient (Wildman–Crippen LogP) is 2.28. The zero-order chi connectivity index (χ0) is 15.7. The minimum Gasteiger partial charge on any atom is -0.408 e. The molecule has 0 aliphatic carbocycles. The highest BCUT2D eigenvalue weighted by molar-refractivity contribution is 5.96. The van der Waals surface area contributed by atoms with Crippen LogP contribution in [0.5, 0.6) is 0 Å². The summed E-state index contributed by atoms with van der Waals surface area (Å²) in [6.07, 6.45) is 0. The fourth-order valence-corrected chi connectivity index (χ4v) is 2.33. The first-order valence-corrected chi connectivity index (χ1v) is 6.91. The molecular weight excluding hydrogens is 282 g/mol. The summed E-state index contributed by atoms with van der Waals surface area (Å²) in [7, 11) is 0. The van der Waals surface area contributed by atoms with Crippen LogP contribution in [-0.2, 0) is 13.2 Å². The molecular formula is C17H15NO4. The van der Waals surface area contributed by atoms with E-state index in [4.69, 9.17) is 4.42 Å². The van der Waals surface area contributed by atoms with E-state index < -0.39 is 5.76 Å². The van der Waals surface area contributed by atoms with Crippen molar-refractivity contribution in [1.82, 2.24) is 4.57 Å². The van der Waals surface area contributed by atoms with Gasteiger partial charge >= 0.3 is 5.76 Å². The molecule has 0 saturated heterocycles. The lowest BCUT2D eigenvalue weighted by Gasteiger charge is -2.03. The second-order valence-electron chi connectivity index (χ2n) is 5.20. The van der Waals surface area contributed by atoms with Crippen LogP contribution < -0.4 is 5.76 Å². The zero-order valence-corrected chi connectivity index (χ0v) is 12.1. The summed E-state index contributed by atoms with van der Waals surface area (Å²) in [5.74, 6) is -0.746. The highest BCUT2D eigenvalue weighted by Gasteiger charge is 2.14. The van der Waals surface area contributed by atoms with E-state index in [9.17, 15) is 14.7 Å². The van der Waals surface area contributed by atoms with Crippen molar-refractivity contribution in [3.63, 3.8) is 0 Å². The molecule has 0 atom stereocenters. The first kappa shape index (κ1) is 14.3. The number of Topliss-reactive ketones (excluding diaryl/α,β-unsaturated/α-hetero) is 1. The minimum absolute atomic E-state index is 0.0935. The number of fused-ring (bicyclic) bond motifs is 1. The SMILES string of the molecule is Cc1ccc(C(=O)Cn2c(=O)oc3ccc(CO)cc32)cc1. The smallest absolute Gasteiger partial charge is 0.408 e. The van der Waals surface area contributed by atoms with Gasteiger partial charge in [-0.1, -0.05) is 35.9 Å². The summed E-state index contributed by atoms with van der Waals surface area (Å²) >= 11 is 0. The summed E-state index contributed by atoms with van der Waals surface area (Å²) in [6.45, 7) is 1.71. The maximum absolute atomic E-state index is 12.3. The molecule has 0 radical (unpaired) electrons. The van der Waals surface area contributed by atoms with Gasteiger partial charge in [0.15, 0.2) is 11.4 Å². The second kappa shape index (κ2) is 5.61. The minimum atomic E-state index is -0.578. The molecule has 1 N–H and O–H groups in total. The van der Waals surface area contributed by atoms with Crippen molar-refractivity contribution in [3.05, 3.63) is 69.7 Å². The highest BCUT2D eigenvalue weighted by atomic mass is 16.4. The van der Waals surface area contributed by atoms with Gasteiger partial charge in [-0.3, -0.25) is 9.36 Å². The molecule has 1 aromatic heterocycles. The number of hydrogen-bond donors (Lipinski definition) is 1. The molecule has 5 heteroatoms. The Bertz CT molecular complexity index is 887. The third-order valence-corrected chi connectivity index (χ3v) is 3.59. The maximum atomic E-state index is 12.3. The lowest BCUT2D eigenvalue weighted by molar-refractivity contribution is 0.0970. The molecule has 0 aliphatic heterocycles. The van der Waals surface area contributed by atoms with Crippen molar-refractivity contribution in [3.8, 4) is 0 Å². The van der Waals surface area contributed by atoms with Crippen LogP contribution >= 0.6 is 0 Å². The van der Waals surface area contributed by atoms with E-state index in [1.54, 1.807) is 30.3 Å². The number of carbonyl (C=O) groups is 1. The lowest BCUT2D eigenvalue weighted by atomic mass is 10.1. The van der Waals surface area contributed by atoms with Crippen LogP contribution in [0.1, 0.15) is 21.5 Å². The molecule has 0 aliphatic rings. The van der Waals surface area contributed by atoms with Gasteiger partial charge in [0.05, 0.1) is 18.7 Å². The molecule has 2 aromatic carbocycles. The molecule has 3 rings (SSSR count). The van der Waals surface area contributed by atoms with Gasteiger partial charge in [0.2, 0.25) is 0 Å². The Balaban J connectivity index is 1.99. The molecule has 22 heavy (non-hydrogen) atoms. The first-order chi connectivity index (χ1) is 10.6. The Morgan fingerprint density at radius 1 is 1.18 bits per heavy atom. The summed E-state index contributed by atoms with van der Waals surface area (Å²) in [5, 5.41) is 9.20. The van der Waals surface area contributed by atoms with E-state index in [0.29, 0.717) is 22.2 Å². The van der Waals surface area contributed by atoms with Gasteiger partial charge in [-0.2, -0.15) is 0 Å². The Kier molecular flexibility index (Phi) is 3.65. The number of benzene rings is 2. The maximum Gasteiger partial charge on any atom is 0.420 e. The quantitative estimate of drug-likeness (QED) is 0.750. The third-order valence-electron chi connectivity index (χ3n) is 3.59. The topological polar surface area (TPSA) is 72.4 Å². The Morgan fingerprint density at radius 3 is 2.59 bits per heavy atom. The summed E-state index contributed by atoms with van der Waals surface area (Å²) in [5.41, 5.74) is 3.18. The second-order valence-corrected chi connectivity index (χ2v) is 5.20. The van der Waals surface area contributed by atoms with Gasteiger partial charge in [-0.15, -0.1) is 0 Å². The lowest BCUT2D eigenvalue weighted by Crippen LogP contribution is -2.20. The molecule has 0 amide bonds. The molecule has 0 spiro atoms. The van der Waals surface area contributed by atoms with Crippen LogP contribution in [0.4, 0.5) is 0 Å². The van der Waals surface area contributed by atoms with Crippen molar-refractivity contribution in [1.29, 1.82) is 0 Å². The number of carbonyl (C=O) groups excluding carboxylic acids is 1. The molecule has 112 valence electrons. The van der Waals surface area contributed by atoms with Crippen molar-refractivity contribution in [2.24, 2.45) is 0 Å². The van der Waals surface area contributed by atoms with Crippen molar-refractivity contribution in [2.75, 3.05) is 0 Å². The van der Waals surface area contributed by atoms with Gasteiger partial charge in [0.25, 0.3) is 0 Å². The zero-order valence-electron chi connectivity index (χ0n) is 12.1. The molecule has 3 aromatic rings. The molecule has 0 unspecified atom stereocenters. The van der Waals surface area contributed by atoms with Crippen molar-refractivity contribution >= 4 is 16.9 Å². The average Bonchev–Trinajstić information content (AvgIpc) is 2.83. The normalized spacial score (nSPS) is 11.0. The van der Waals surface area contributed by atoms with Crippen molar-refractivity contribution in [2.45, 2.75) is 20.1 Å². The Labute approximate surface area is 126 Å². The van der Waals surface area contributed by atoms with Crippen molar-refractivity contribution < 1.29 is 14.3 Å². The van der Waals surface area contributed by atoms with E-state index in [-0.39, 0.29) is 18.9 Å². The van der Waals surface area contributed by atoms with Crippen LogP contribution in [-0.4, -0.2) is 15.5 Å². The van der Waals surface area contributed by atoms with E-state index in [0.717, 1.165) is 5.56 Å². The van der Waals surface area contributed by atoms with Gasteiger partial charge < -0.3 is 9.52 Å². The first-order valence-electron chi connectivity index (χ1n) is 6.91. The Morgan fingerprint density at radius 2 is 1.91 bits per heavy atom. The van der Waals surface area contributed by atoms with Crippen LogP contribution in [0.2, 0.25) is 0 Å². The number of ketones is 1. The molecule has 5 nitrogen and oxygen atoms in total.